The van der Waals surface area contributed by atoms with Gasteiger partial charge in [-0.15, -0.1) is 0 Å². The molecule has 0 aliphatic carbocycles. The van der Waals surface area contributed by atoms with Crippen molar-refractivity contribution in [3.8, 4) is 29.5 Å². The van der Waals surface area contributed by atoms with Crippen molar-refractivity contribution in [2.75, 3.05) is 0 Å². The summed E-state index contributed by atoms with van der Waals surface area (Å²) in [5.41, 5.74) is 3.74. The van der Waals surface area contributed by atoms with Crippen LogP contribution in [0, 0.1) is 34.0 Å². The topological polar surface area (TPSA) is 111 Å². The van der Waals surface area contributed by atoms with Crippen LogP contribution < -0.4 is 5.73 Å². The van der Waals surface area contributed by atoms with E-state index in [0.717, 1.165) is 24.3 Å². The summed E-state index contributed by atoms with van der Waals surface area (Å²) < 4.78 is 44.1. The molecule has 1 aromatic carbocycles. The second-order valence-electron chi connectivity index (χ2n) is 5.08. The van der Waals surface area contributed by atoms with Gasteiger partial charge in [0.15, 0.2) is 5.57 Å². The molecular formula is C18H8ClF3N4O. The number of rotatable bonds is 3. The molecule has 0 radical (unpaired) electrons. The van der Waals surface area contributed by atoms with E-state index in [-0.39, 0.29) is 33.4 Å². The van der Waals surface area contributed by atoms with Crippen LogP contribution in [0.2, 0.25) is 5.02 Å². The molecule has 9 heteroatoms. The maximum Gasteiger partial charge on any atom is 0.416 e. The lowest BCUT2D eigenvalue weighted by Crippen LogP contribution is -2.04. The van der Waals surface area contributed by atoms with Gasteiger partial charge < -0.3 is 10.2 Å². The Morgan fingerprint density at radius 2 is 1.74 bits per heavy atom. The number of nitrogens with two attached hydrogens (primary N) is 1. The highest BCUT2D eigenvalue weighted by molar-refractivity contribution is 6.33. The fraction of sp³-hybridized carbons (Fsp3) is 0.0556. The largest absolute Gasteiger partial charge is 0.457 e. The Hall–Kier alpha value is -3.67. The molecule has 2 N–H and O–H groups in total. The minimum Gasteiger partial charge on any atom is -0.457 e. The van der Waals surface area contributed by atoms with Gasteiger partial charge in [-0.3, -0.25) is 0 Å². The van der Waals surface area contributed by atoms with E-state index < -0.39 is 17.3 Å². The zero-order chi connectivity index (χ0) is 20.2. The molecule has 0 amide bonds. The fourth-order valence-electron chi connectivity index (χ4n) is 2.06. The lowest BCUT2D eigenvalue weighted by molar-refractivity contribution is -0.137. The van der Waals surface area contributed by atoms with E-state index in [2.05, 4.69) is 0 Å². The Morgan fingerprint density at radius 3 is 2.30 bits per heavy atom. The minimum atomic E-state index is -4.55. The molecule has 1 aromatic heterocycles. The maximum absolute atomic E-state index is 12.9. The number of hydrogen-bond acceptors (Lipinski definition) is 5. The fourth-order valence-corrected chi connectivity index (χ4v) is 2.27. The Balaban J connectivity index is 2.50. The number of hydrogen-bond donors (Lipinski definition) is 1. The SMILES string of the molecule is N#CC(=Cc1ccc(-c2cc(C(F)(F)F)ccc2Cl)o1)C(N)=C(C#N)C#N. The summed E-state index contributed by atoms with van der Waals surface area (Å²) >= 11 is 5.96. The Bertz CT molecular complexity index is 1060. The third-order valence-electron chi connectivity index (χ3n) is 3.38. The first kappa shape index (κ1) is 19.7. The highest BCUT2D eigenvalue weighted by atomic mass is 35.5. The number of furan rings is 1. The summed E-state index contributed by atoms with van der Waals surface area (Å²) in [6.07, 6.45) is -3.39. The standard InChI is InChI=1S/C18H8ClF3N4O/c19-15-3-1-12(18(20,21)22)6-14(15)16-4-2-13(27-16)5-10(7-23)17(26)11(8-24)9-25/h1-6H,26H2. The third kappa shape index (κ3) is 4.30. The highest BCUT2D eigenvalue weighted by Gasteiger charge is 2.31. The maximum atomic E-state index is 12.9. The molecule has 0 aliphatic heterocycles. The van der Waals surface area contributed by atoms with Gasteiger partial charge in [0.25, 0.3) is 0 Å². The Kier molecular flexibility index (Phi) is 5.60. The summed E-state index contributed by atoms with van der Waals surface area (Å²) in [5.74, 6) is 0.117. The van der Waals surface area contributed by atoms with E-state index in [1.807, 2.05) is 0 Å². The van der Waals surface area contributed by atoms with Crippen molar-refractivity contribution in [2.45, 2.75) is 6.18 Å². The van der Waals surface area contributed by atoms with E-state index in [0.29, 0.717) is 0 Å². The molecule has 0 saturated carbocycles. The van der Waals surface area contributed by atoms with Crippen LogP contribution in [0.15, 0.2) is 51.6 Å². The number of nitriles is 3. The van der Waals surface area contributed by atoms with Gasteiger partial charge in [-0.1, -0.05) is 11.6 Å². The quantitative estimate of drug-likeness (QED) is 0.600. The van der Waals surface area contributed by atoms with Crippen molar-refractivity contribution < 1.29 is 17.6 Å². The predicted octanol–water partition coefficient (Wildman–Crippen LogP) is 4.79. The monoisotopic (exact) mass is 388 g/mol. The molecule has 0 fully saturated rings. The van der Waals surface area contributed by atoms with Gasteiger partial charge in [0.2, 0.25) is 0 Å². The van der Waals surface area contributed by atoms with Crippen molar-refractivity contribution in [3.05, 3.63) is 63.5 Å². The molecule has 27 heavy (non-hydrogen) atoms. The normalized spacial score (nSPS) is 11.2. The summed E-state index contributed by atoms with van der Waals surface area (Å²) in [6, 6.07) is 10.4. The first-order valence-electron chi connectivity index (χ1n) is 7.10. The van der Waals surface area contributed by atoms with E-state index in [1.165, 1.54) is 12.1 Å². The Labute approximate surface area is 156 Å². The van der Waals surface area contributed by atoms with Crippen molar-refractivity contribution in [1.29, 1.82) is 15.8 Å². The van der Waals surface area contributed by atoms with Crippen LogP contribution in [0.4, 0.5) is 13.2 Å². The predicted molar refractivity (Wildman–Crippen MR) is 90.2 cm³/mol. The van der Waals surface area contributed by atoms with Crippen LogP contribution >= 0.6 is 11.6 Å². The first-order chi connectivity index (χ1) is 12.7. The lowest BCUT2D eigenvalue weighted by Gasteiger charge is -2.09. The smallest absolute Gasteiger partial charge is 0.416 e. The van der Waals surface area contributed by atoms with Crippen LogP contribution in [0.1, 0.15) is 11.3 Å². The summed E-state index contributed by atoms with van der Waals surface area (Å²) in [7, 11) is 0. The summed E-state index contributed by atoms with van der Waals surface area (Å²) in [4.78, 5) is 0. The first-order valence-corrected chi connectivity index (χ1v) is 7.48. The molecule has 2 aromatic rings. The van der Waals surface area contributed by atoms with Gasteiger partial charge in [0.1, 0.15) is 29.7 Å². The van der Waals surface area contributed by atoms with E-state index in [1.54, 1.807) is 18.2 Å². The van der Waals surface area contributed by atoms with Gasteiger partial charge in [-0.2, -0.15) is 29.0 Å². The zero-order valence-electron chi connectivity index (χ0n) is 13.3. The van der Waals surface area contributed by atoms with Gasteiger partial charge >= 0.3 is 6.18 Å². The van der Waals surface area contributed by atoms with Gasteiger partial charge in [0, 0.05) is 11.6 Å². The minimum absolute atomic E-state index is 0.0166. The zero-order valence-corrected chi connectivity index (χ0v) is 14.1. The van der Waals surface area contributed by atoms with Crippen molar-refractivity contribution in [1.82, 2.24) is 0 Å². The lowest BCUT2D eigenvalue weighted by atomic mass is 10.1. The molecule has 2 rings (SSSR count). The average Bonchev–Trinajstić information content (AvgIpc) is 3.08. The second-order valence-corrected chi connectivity index (χ2v) is 5.48. The second kappa shape index (κ2) is 7.70. The van der Waals surface area contributed by atoms with E-state index >= 15 is 0 Å². The van der Waals surface area contributed by atoms with E-state index in [4.69, 9.17) is 37.5 Å². The van der Waals surface area contributed by atoms with Crippen LogP contribution in [-0.4, -0.2) is 0 Å². The van der Waals surface area contributed by atoms with Crippen LogP contribution in [0.25, 0.3) is 17.4 Å². The van der Waals surface area contributed by atoms with Crippen LogP contribution in [-0.2, 0) is 6.18 Å². The van der Waals surface area contributed by atoms with E-state index in [9.17, 15) is 13.2 Å². The van der Waals surface area contributed by atoms with Crippen LogP contribution in [0.5, 0.6) is 0 Å². The molecule has 134 valence electrons. The number of halogens is 4. The number of allylic oxidation sites excluding steroid dienone is 2. The average molecular weight is 389 g/mol. The number of alkyl halides is 3. The molecule has 0 spiro atoms. The van der Waals surface area contributed by atoms with Crippen molar-refractivity contribution >= 4 is 17.7 Å². The molecule has 0 saturated heterocycles. The summed E-state index contributed by atoms with van der Waals surface area (Å²) in [5, 5.41) is 26.8. The van der Waals surface area contributed by atoms with Crippen molar-refractivity contribution in [3.63, 3.8) is 0 Å². The number of benzene rings is 1. The van der Waals surface area contributed by atoms with Gasteiger partial charge in [-0.05, 0) is 30.3 Å². The van der Waals surface area contributed by atoms with Gasteiger partial charge in [0.05, 0.1) is 21.9 Å². The molecular weight excluding hydrogens is 381 g/mol. The highest BCUT2D eigenvalue weighted by Crippen LogP contribution is 2.36. The molecule has 0 unspecified atom stereocenters. The molecule has 0 atom stereocenters. The molecule has 0 bridgehead atoms. The molecule has 5 nitrogen and oxygen atoms in total. The summed E-state index contributed by atoms with van der Waals surface area (Å²) in [6.45, 7) is 0. The Morgan fingerprint density at radius 1 is 1.07 bits per heavy atom. The molecule has 0 aliphatic rings. The third-order valence-corrected chi connectivity index (χ3v) is 3.71. The molecule has 1 heterocycles. The van der Waals surface area contributed by atoms with Crippen molar-refractivity contribution in [2.24, 2.45) is 5.73 Å². The van der Waals surface area contributed by atoms with Crippen LogP contribution in [0.3, 0.4) is 0 Å². The number of nitrogens with zero attached hydrogens (tertiary/aromatic N) is 3. The van der Waals surface area contributed by atoms with Gasteiger partial charge in [-0.25, -0.2) is 0 Å².